The van der Waals surface area contributed by atoms with Crippen molar-refractivity contribution in [1.29, 1.82) is 0 Å². The molecule has 0 aliphatic rings. The quantitative estimate of drug-likeness (QED) is 0.862. The van der Waals surface area contributed by atoms with Crippen LogP contribution < -0.4 is 10.5 Å². The molecule has 20 heavy (non-hydrogen) atoms. The lowest BCUT2D eigenvalue weighted by Crippen LogP contribution is -2.25. The third-order valence-corrected chi connectivity index (χ3v) is 3.87. The molecule has 2 aromatic carbocycles. The molecular formula is C16H17Cl2NO. The van der Waals surface area contributed by atoms with Crippen molar-refractivity contribution in [2.75, 3.05) is 6.61 Å². The van der Waals surface area contributed by atoms with E-state index >= 15 is 0 Å². The fraction of sp³-hybridized carbons (Fsp3) is 0.250. The molecule has 106 valence electrons. The molecule has 1 unspecified atom stereocenters. The highest BCUT2D eigenvalue weighted by Gasteiger charge is 2.09. The molecule has 2 N–H and O–H groups in total. The first-order valence-electron chi connectivity index (χ1n) is 6.53. The van der Waals surface area contributed by atoms with Gasteiger partial charge in [0.2, 0.25) is 0 Å². The van der Waals surface area contributed by atoms with Gasteiger partial charge in [0.1, 0.15) is 5.75 Å². The maximum atomic E-state index is 6.15. The minimum absolute atomic E-state index is 0.00493. The Morgan fingerprint density at radius 1 is 1.00 bits per heavy atom. The van der Waals surface area contributed by atoms with E-state index in [-0.39, 0.29) is 6.04 Å². The van der Waals surface area contributed by atoms with Crippen molar-refractivity contribution >= 4 is 23.2 Å². The van der Waals surface area contributed by atoms with Crippen LogP contribution in [0.2, 0.25) is 10.0 Å². The molecule has 0 heterocycles. The summed E-state index contributed by atoms with van der Waals surface area (Å²) in [6.45, 7) is 0.587. The average Bonchev–Trinajstić information content (AvgIpc) is 2.45. The van der Waals surface area contributed by atoms with Gasteiger partial charge >= 0.3 is 0 Å². The van der Waals surface area contributed by atoms with Crippen molar-refractivity contribution < 1.29 is 4.74 Å². The van der Waals surface area contributed by atoms with E-state index in [0.717, 1.165) is 17.7 Å². The Morgan fingerprint density at radius 3 is 2.50 bits per heavy atom. The van der Waals surface area contributed by atoms with E-state index in [1.54, 1.807) is 6.07 Å². The number of ether oxygens (including phenoxy) is 1. The lowest BCUT2D eigenvalue weighted by atomic mass is 10.0. The number of para-hydroxylation sites is 1. The van der Waals surface area contributed by atoms with Gasteiger partial charge in [-0.05, 0) is 36.6 Å². The highest BCUT2D eigenvalue weighted by atomic mass is 35.5. The van der Waals surface area contributed by atoms with E-state index in [0.29, 0.717) is 23.1 Å². The van der Waals surface area contributed by atoms with Gasteiger partial charge in [-0.2, -0.15) is 0 Å². The summed E-state index contributed by atoms with van der Waals surface area (Å²) < 4.78 is 5.63. The SMILES string of the molecule is NC(CCOc1ccccc1)Cc1cccc(Cl)c1Cl. The average molecular weight is 310 g/mol. The first-order chi connectivity index (χ1) is 9.66. The third-order valence-electron chi connectivity index (χ3n) is 3.01. The Bertz CT molecular complexity index is 545. The topological polar surface area (TPSA) is 35.2 Å². The molecule has 0 spiro atoms. The normalized spacial score (nSPS) is 12.2. The molecule has 0 fully saturated rings. The molecule has 0 aliphatic heterocycles. The van der Waals surface area contributed by atoms with E-state index in [1.807, 2.05) is 42.5 Å². The Kier molecular flexibility index (Phi) is 5.72. The van der Waals surface area contributed by atoms with Crippen LogP contribution in [0.1, 0.15) is 12.0 Å². The fourth-order valence-electron chi connectivity index (χ4n) is 1.94. The molecule has 0 aliphatic carbocycles. The maximum Gasteiger partial charge on any atom is 0.119 e. The van der Waals surface area contributed by atoms with Crippen molar-refractivity contribution in [3.63, 3.8) is 0 Å². The summed E-state index contributed by atoms with van der Waals surface area (Å²) in [5.41, 5.74) is 7.09. The molecule has 4 heteroatoms. The van der Waals surface area contributed by atoms with E-state index in [4.69, 9.17) is 33.7 Å². The Hall–Kier alpha value is -1.22. The van der Waals surface area contributed by atoms with Gasteiger partial charge in [-0.25, -0.2) is 0 Å². The van der Waals surface area contributed by atoms with Crippen LogP contribution in [-0.4, -0.2) is 12.6 Å². The van der Waals surface area contributed by atoms with Crippen LogP contribution in [0, 0.1) is 0 Å². The number of halogens is 2. The van der Waals surface area contributed by atoms with E-state index < -0.39 is 0 Å². The smallest absolute Gasteiger partial charge is 0.119 e. The lowest BCUT2D eigenvalue weighted by Gasteiger charge is -2.14. The standard InChI is InChI=1S/C16H17Cl2NO/c17-15-8-4-5-12(16(15)18)11-13(19)9-10-20-14-6-2-1-3-7-14/h1-8,13H,9-11,19H2. The van der Waals surface area contributed by atoms with Crippen LogP contribution in [0.3, 0.4) is 0 Å². The van der Waals surface area contributed by atoms with Gasteiger partial charge in [0, 0.05) is 6.04 Å². The zero-order chi connectivity index (χ0) is 14.4. The minimum Gasteiger partial charge on any atom is -0.494 e. The molecule has 0 bridgehead atoms. The van der Waals surface area contributed by atoms with Crippen LogP contribution in [0.5, 0.6) is 5.75 Å². The van der Waals surface area contributed by atoms with Crippen molar-refractivity contribution in [2.24, 2.45) is 5.73 Å². The molecular weight excluding hydrogens is 293 g/mol. The number of nitrogens with two attached hydrogens (primary N) is 1. The highest BCUT2D eigenvalue weighted by molar-refractivity contribution is 6.42. The van der Waals surface area contributed by atoms with Crippen LogP contribution in [0.25, 0.3) is 0 Å². The van der Waals surface area contributed by atoms with Gasteiger partial charge in [0.05, 0.1) is 16.7 Å². The second kappa shape index (κ2) is 7.53. The summed E-state index contributed by atoms with van der Waals surface area (Å²) in [6, 6.07) is 15.3. The summed E-state index contributed by atoms with van der Waals surface area (Å²) in [6.07, 6.45) is 1.45. The summed E-state index contributed by atoms with van der Waals surface area (Å²) in [4.78, 5) is 0. The van der Waals surface area contributed by atoms with Crippen molar-refractivity contribution in [3.05, 3.63) is 64.1 Å². The van der Waals surface area contributed by atoms with Gasteiger partial charge < -0.3 is 10.5 Å². The summed E-state index contributed by atoms with van der Waals surface area (Å²) in [5.74, 6) is 0.862. The number of benzene rings is 2. The first-order valence-corrected chi connectivity index (χ1v) is 7.28. The molecule has 0 saturated carbocycles. The van der Waals surface area contributed by atoms with Crippen LogP contribution in [-0.2, 0) is 6.42 Å². The zero-order valence-corrected chi connectivity index (χ0v) is 12.6. The fourth-order valence-corrected chi connectivity index (χ4v) is 2.33. The van der Waals surface area contributed by atoms with Crippen LogP contribution >= 0.6 is 23.2 Å². The molecule has 0 aromatic heterocycles. The second-order valence-electron chi connectivity index (χ2n) is 4.63. The maximum absolute atomic E-state index is 6.15. The summed E-state index contributed by atoms with van der Waals surface area (Å²) in [5, 5.41) is 1.16. The van der Waals surface area contributed by atoms with E-state index in [2.05, 4.69) is 0 Å². The first kappa shape index (κ1) is 15.2. The number of rotatable bonds is 6. The predicted molar refractivity (Wildman–Crippen MR) is 84.7 cm³/mol. The minimum atomic E-state index is -0.00493. The van der Waals surface area contributed by atoms with Crippen molar-refractivity contribution in [3.8, 4) is 5.75 Å². The third kappa shape index (κ3) is 4.41. The molecule has 2 aromatic rings. The predicted octanol–water partition coefficient (Wildman–Crippen LogP) is 4.33. The number of hydrogen-bond acceptors (Lipinski definition) is 2. The number of hydrogen-bond donors (Lipinski definition) is 1. The van der Waals surface area contributed by atoms with Crippen molar-refractivity contribution in [2.45, 2.75) is 18.9 Å². The van der Waals surface area contributed by atoms with Gasteiger partial charge in [-0.3, -0.25) is 0 Å². The van der Waals surface area contributed by atoms with Gasteiger partial charge in [-0.15, -0.1) is 0 Å². The van der Waals surface area contributed by atoms with E-state index in [1.165, 1.54) is 0 Å². The Balaban J connectivity index is 1.81. The summed E-state index contributed by atoms with van der Waals surface area (Å²) in [7, 11) is 0. The molecule has 2 rings (SSSR count). The van der Waals surface area contributed by atoms with Gasteiger partial charge in [0.15, 0.2) is 0 Å². The molecule has 0 saturated heterocycles. The van der Waals surface area contributed by atoms with Crippen LogP contribution in [0.15, 0.2) is 48.5 Å². The van der Waals surface area contributed by atoms with Gasteiger partial charge in [-0.1, -0.05) is 53.5 Å². The van der Waals surface area contributed by atoms with E-state index in [9.17, 15) is 0 Å². The monoisotopic (exact) mass is 309 g/mol. The Morgan fingerprint density at radius 2 is 1.75 bits per heavy atom. The highest BCUT2D eigenvalue weighted by Crippen LogP contribution is 2.26. The second-order valence-corrected chi connectivity index (χ2v) is 5.41. The molecule has 2 nitrogen and oxygen atoms in total. The zero-order valence-electron chi connectivity index (χ0n) is 11.1. The largest absolute Gasteiger partial charge is 0.494 e. The molecule has 1 atom stereocenters. The Labute approximate surface area is 129 Å². The lowest BCUT2D eigenvalue weighted by molar-refractivity contribution is 0.297. The molecule has 0 radical (unpaired) electrons. The van der Waals surface area contributed by atoms with Gasteiger partial charge in [0.25, 0.3) is 0 Å². The summed E-state index contributed by atoms with van der Waals surface area (Å²) >= 11 is 12.1. The van der Waals surface area contributed by atoms with Crippen molar-refractivity contribution in [1.82, 2.24) is 0 Å². The van der Waals surface area contributed by atoms with Crippen LogP contribution in [0.4, 0.5) is 0 Å². The molecule has 0 amide bonds.